The molecule has 0 aliphatic rings. The molecule has 0 aliphatic heterocycles. The Morgan fingerprint density at radius 2 is 1.90 bits per heavy atom. The molecule has 20 heavy (non-hydrogen) atoms. The normalized spacial score (nSPS) is 12.7. The molecule has 0 aliphatic carbocycles. The Morgan fingerprint density at radius 3 is 2.45 bits per heavy atom. The maximum absolute atomic E-state index is 5.76. The Bertz CT molecular complexity index is 534. The highest BCUT2D eigenvalue weighted by molar-refractivity contribution is 7.10. The van der Waals surface area contributed by atoms with E-state index in [0.717, 1.165) is 17.7 Å². The first-order chi connectivity index (χ1) is 9.65. The van der Waals surface area contributed by atoms with Gasteiger partial charge in [-0.2, -0.15) is 0 Å². The largest absolute Gasteiger partial charge is 0.491 e. The highest BCUT2D eigenvalue weighted by Gasteiger charge is 2.17. The Kier molecular flexibility index (Phi) is 5.17. The summed E-state index contributed by atoms with van der Waals surface area (Å²) in [5.74, 6) is 6.65. The molecule has 2 rings (SSSR count). The summed E-state index contributed by atoms with van der Waals surface area (Å²) in [5.41, 5.74) is 5.43. The second-order valence-corrected chi connectivity index (χ2v) is 5.95. The van der Waals surface area contributed by atoms with E-state index in [-0.39, 0.29) is 12.1 Å². The molecule has 3 nitrogen and oxygen atoms in total. The Hall–Kier alpha value is -1.36. The summed E-state index contributed by atoms with van der Waals surface area (Å²) in [5, 5.41) is 2.12. The van der Waals surface area contributed by atoms with Crippen LogP contribution in [0.25, 0.3) is 0 Å². The number of nitrogens with one attached hydrogen (secondary N) is 1. The van der Waals surface area contributed by atoms with Crippen LogP contribution in [0, 0.1) is 0 Å². The zero-order valence-electron chi connectivity index (χ0n) is 12.2. The molecule has 0 amide bonds. The van der Waals surface area contributed by atoms with Crippen molar-refractivity contribution >= 4 is 11.3 Å². The van der Waals surface area contributed by atoms with Gasteiger partial charge in [0.2, 0.25) is 0 Å². The van der Waals surface area contributed by atoms with Crippen LogP contribution < -0.4 is 16.0 Å². The number of benzene rings is 1. The fourth-order valence-corrected chi connectivity index (χ4v) is 3.31. The van der Waals surface area contributed by atoms with Gasteiger partial charge in [0.25, 0.3) is 0 Å². The zero-order valence-corrected chi connectivity index (χ0v) is 13.0. The number of hydrogen-bond donors (Lipinski definition) is 2. The Balaban J connectivity index is 2.24. The standard InChI is InChI=1S/C16H22N2OS/c1-4-12-9-10-20-16(12)15(18-17)13-5-7-14(8-6-13)19-11(2)3/h5-11,15,18H,4,17H2,1-3H3. The van der Waals surface area contributed by atoms with Gasteiger partial charge in [0.15, 0.2) is 0 Å². The van der Waals surface area contributed by atoms with E-state index in [4.69, 9.17) is 10.6 Å². The Labute approximate surface area is 124 Å². The van der Waals surface area contributed by atoms with E-state index < -0.39 is 0 Å². The van der Waals surface area contributed by atoms with Gasteiger partial charge in [-0.15, -0.1) is 11.3 Å². The van der Waals surface area contributed by atoms with Gasteiger partial charge in [-0.3, -0.25) is 5.84 Å². The molecule has 0 bridgehead atoms. The minimum absolute atomic E-state index is 0.0399. The van der Waals surface area contributed by atoms with Crippen molar-refractivity contribution in [3.05, 3.63) is 51.7 Å². The monoisotopic (exact) mass is 290 g/mol. The summed E-state index contributed by atoms with van der Waals surface area (Å²) >= 11 is 1.74. The number of hydrazine groups is 1. The van der Waals surface area contributed by atoms with Crippen molar-refractivity contribution in [2.24, 2.45) is 5.84 Å². The number of rotatable bonds is 6. The first kappa shape index (κ1) is 15.0. The van der Waals surface area contributed by atoms with Crippen LogP contribution in [0.1, 0.15) is 42.8 Å². The molecule has 1 atom stereocenters. The van der Waals surface area contributed by atoms with Crippen LogP contribution in [-0.4, -0.2) is 6.10 Å². The molecule has 1 aromatic heterocycles. The third-order valence-electron chi connectivity index (χ3n) is 3.18. The predicted octanol–water partition coefficient (Wildman–Crippen LogP) is 3.65. The fraction of sp³-hybridized carbons (Fsp3) is 0.375. The molecule has 0 radical (unpaired) electrons. The van der Waals surface area contributed by atoms with E-state index in [0.29, 0.717) is 0 Å². The van der Waals surface area contributed by atoms with Crippen LogP contribution in [0.3, 0.4) is 0 Å². The van der Waals surface area contributed by atoms with Gasteiger partial charge in [0.1, 0.15) is 5.75 Å². The van der Waals surface area contributed by atoms with E-state index in [9.17, 15) is 0 Å². The molecule has 1 aromatic carbocycles. The molecule has 4 heteroatoms. The second kappa shape index (κ2) is 6.88. The topological polar surface area (TPSA) is 47.3 Å². The van der Waals surface area contributed by atoms with Crippen LogP contribution in [0.4, 0.5) is 0 Å². The summed E-state index contributed by atoms with van der Waals surface area (Å²) < 4.78 is 5.67. The number of hydrogen-bond acceptors (Lipinski definition) is 4. The number of nitrogens with two attached hydrogens (primary N) is 1. The van der Waals surface area contributed by atoms with Gasteiger partial charge in [-0.1, -0.05) is 19.1 Å². The summed E-state index contributed by atoms with van der Waals surface area (Å²) in [7, 11) is 0. The molecule has 0 saturated carbocycles. The van der Waals surface area contributed by atoms with E-state index in [1.165, 1.54) is 10.4 Å². The number of aryl methyl sites for hydroxylation is 1. The quantitative estimate of drug-likeness (QED) is 0.630. The van der Waals surface area contributed by atoms with Gasteiger partial charge >= 0.3 is 0 Å². The Morgan fingerprint density at radius 1 is 1.20 bits per heavy atom. The highest BCUT2D eigenvalue weighted by Crippen LogP contribution is 2.30. The van der Waals surface area contributed by atoms with Gasteiger partial charge in [0, 0.05) is 4.88 Å². The van der Waals surface area contributed by atoms with Crippen molar-refractivity contribution in [3.63, 3.8) is 0 Å². The van der Waals surface area contributed by atoms with E-state index >= 15 is 0 Å². The van der Waals surface area contributed by atoms with Gasteiger partial charge in [-0.25, -0.2) is 5.43 Å². The summed E-state index contributed by atoms with van der Waals surface area (Å²) in [6.07, 6.45) is 1.21. The molecular formula is C16H22N2OS. The van der Waals surface area contributed by atoms with Crippen LogP contribution in [0.5, 0.6) is 5.75 Å². The van der Waals surface area contributed by atoms with Crippen molar-refractivity contribution in [1.29, 1.82) is 0 Å². The minimum atomic E-state index is 0.0399. The second-order valence-electron chi connectivity index (χ2n) is 5.00. The average molecular weight is 290 g/mol. The zero-order chi connectivity index (χ0) is 14.5. The van der Waals surface area contributed by atoms with Crippen molar-refractivity contribution in [2.75, 3.05) is 0 Å². The van der Waals surface area contributed by atoms with Crippen molar-refractivity contribution in [2.45, 2.75) is 39.3 Å². The van der Waals surface area contributed by atoms with Crippen molar-refractivity contribution < 1.29 is 4.74 Å². The lowest BCUT2D eigenvalue weighted by atomic mass is 10.0. The van der Waals surface area contributed by atoms with E-state index in [1.807, 2.05) is 26.0 Å². The molecule has 0 fully saturated rings. The summed E-state index contributed by atoms with van der Waals surface area (Å²) in [6, 6.07) is 10.3. The minimum Gasteiger partial charge on any atom is -0.491 e. The summed E-state index contributed by atoms with van der Waals surface area (Å²) in [6.45, 7) is 6.22. The average Bonchev–Trinajstić information content (AvgIpc) is 2.89. The lowest BCUT2D eigenvalue weighted by molar-refractivity contribution is 0.242. The molecule has 0 spiro atoms. The molecule has 2 aromatic rings. The van der Waals surface area contributed by atoms with Crippen LogP contribution >= 0.6 is 11.3 Å². The molecule has 0 saturated heterocycles. The fourth-order valence-electron chi connectivity index (χ4n) is 2.23. The molecule has 108 valence electrons. The molecule has 1 unspecified atom stereocenters. The van der Waals surface area contributed by atoms with Gasteiger partial charge in [-0.05, 0) is 55.0 Å². The van der Waals surface area contributed by atoms with Gasteiger partial charge < -0.3 is 4.74 Å². The molecule has 3 N–H and O–H groups in total. The van der Waals surface area contributed by atoms with Gasteiger partial charge in [0.05, 0.1) is 12.1 Å². The van der Waals surface area contributed by atoms with E-state index in [2.05, 4.69) is 35.9 Å². The van der Waals surface area contributed by atoms with Crippen molar-refractivity contribution in [3.8, 4) is 5.75 Å². The number of thiophene rings is 1. The van der Waals surface area contributed by atoms with Crippen LogP contribution in [0.15, 0.2) is 35.7 Å². The molecular weight excluding hydrogens is 268 g/mol. The first-order valence-electron chi connectivity index (χ1n) is 6.94. The first-order valence-corrected chi connectivity index (χ1v) is 7.82. The third-order valence-corrected chi connectivity index (χ3v) is 4.20. The molecule has 1 heterocycles. The smallest absolute Gasteiger partial charge is 0.119 e. The SMILES string of the molecule is CCc1ccsc1C(NN)c1ccc(OC(C)C)cc1. The summed E-state index contributed by atoms with van der Waals surface area (Å²) in [4.78, 5) is 1.28. The van der Waals surface area contributed by atoms with Crippen molar-refractivity contribution in [1.82, 2.24) is 5.43 Å². The lowest BCUT2D eigenvalue weighted by Gasteiger charge is -2.17. The van der Waals surface area contributed by atoms with E-state index in [1.54, 1.807) is 11.3 Å². The lowest BCUT2D eigenvalue weighted by Crippen LogP contribution is -2.28. The van der Waals surface area contributed by atoms with Crippen LogP contribution in [-0.2, 0) is 6.42 Å². The maximum atomic E-state index is 5.76. The third kappa shape index (κ3) is 3.39. The number of ether oxygens (including phenoxy) is 1. The maximum Gasteiger partial charge on any atom is 0.119 e. The predicted molar refractivity (Wildman–Crippen MR) is 85.1 cm³/mol. The van der Waals surface area contributed by atoms with Crippen LogP contribution in [0.2, 0.25) is 0 Å². The highest BCUT2D eigenvalue weighted by atomic mass is 32.1.